The Morgan fingerprint density at radius 1 is 1.07 bits per heavy atom. The zero-order valence-corrected chi connectivity index (χ0v) is 16.8. The summed E-state index contributed by atoms with van der Waals surface area (Å²) in [6, 6.07) is 15.3. The van der Waals surface area contributed by atoms with Gasteiger partial charge in [-0.1, -0.05) is 24.3 Å². The topological polar surface area (TPSA) is 64.0 Å². The van der Waals surface area contributed by atoms with Crippen molar-refractivity contribution in [2.75, 3.05) is 6.26 Å². The molecule has 0 bridgehead atoms. The Labute approximate surface area is 169 Å². The Bertz CT molecular complexity index is 919. The van der Waals surface area contributed by atoms with Crippen molar-refractivity contribution < 1.29 is 9.59 Å². The minimum absolute atomic E-state index is 0.0138. The highest BCUT2D eigenvalue weighted by atomic mass is 32.2. The highest BCUT2D eigenvalue weighted by molar-refractivity contribution is 7.98. The van der Waals surface area contributed by atoms with Crippen molar-refractivity contribution >= 4 is 23.5 Å². The molecule has 0 spiro atoms. The number of carbonyl (C=O) groups excluding carboxylic acids is 2. The van der Waals surface area contributed by atoms with Gasteiger partial charge in [0.2, 0.25) is 5.91 Å². The number of rotatable bonds is 8. The molecule has 1 aromatic heterocycles. The summed E-state index contributed by atoms with van der Waals surface area (Å²) in [4.78, 5) is 29.6. The van der Waals surface area contributed by atoms with Crippen LogP contribution in [0.4, 0.5) is 0 Å². The molecule has 0 unspecified atom stereocenters. The molecule has 3 rings (SSSR count). The van der Waals surface area contributed by atoms with Crippen LogP contribution in [0.15, 0.2) is 72.1 Å². The van der Waals surface area contributed by atoms with Gasteiger partial charge in [-0.25, -0.2) is 4.98 Å². The van der Waals surface area contributed by atoms with E-state index in [1.54, 1.807) is 24.3 Å². The number of Topliss-reactive ketones (excluding diaryl/α,β-unsaturated/α-hetero) is 1. The fourth-order valence-corrected chi connectivity index (χ4v) is 3.30. The Morgan fingerprint density at radius 2 is 1.79 bits per heavy atom. The van der Waals surface area contributed by atoms with Gasteiger partial charge in [0.15, 0.2) is 5.78 Å². The summed E-state index contributed by atoms with van der Waals surface area (Å²) in [6.07, 6.45) is 7.73. The predicted molar refractivity (Wildman–Crippen MR) is 112 cm³/mol. The Morgan fingerprint density at radius 3 is 2.39 bits per heavy atom. The molecule has 0 saturated carbocycles. The maximum Gasteiger partial charge on any atom is 0.220 e. The molecule has 6 heteroatoms. The number of aromatic nitrogens is 2. The molecule has 28 heavy (non-hydrogen) atoms. The van der Waals surface area contributed by atoms with Crippen LogP contribution in [0.1, 0.15) is 41.7 Å². The molecule has 0 aliphatic rings. The van der Waals surface area contributed by atoms with Gasteiger partial charge >= 0.3 is 0 Å². The monoisotopic (exact) mass is 393 g/mol. The quantitative estimate of drug-likeness (QED) is 0.454. The molecule has 5 nitrogen and oxygen atoms in total. The summed E-state index contributed by atoms with van der Waals surface area (Å²) in [5.74, 6) is -0.139. The summed E-state index contributed by atoms with van der Waals surface area (Å²) in [5, 5.41) is 2.96. The lowest BCUT2D eigenvalue weighted by molar-refractivity contribution is -0.121. The fourth-order valence-electron chi connectivity index (χ4n) is 2.89. The molecule has 0 aliphatic heterocycles. The summed E-state index contributed by atoms with van der Waals surface area (Å²) in [5.41, 5.74) is 2.67. The van der Waals surface area contributed by atoms with Gasteiger partial charge in [0.05, 0.1) is 12.4 Å². The first kappa shape index (κ1) is 19.9. The van der Waals surface area contributed by atoms with Gasteiger partial charge in [0, 0.05) is 41.4 Å². The summed E-state index contributed by atoms with van der Waals surface area (Å²) in [6.45, 7) is 1.94. The molecule has 3 aromatic rings. The number of hydrogen-bond acceptors (Lipinski definition) is 4. The van der Waals surface area contributed by atoms with E-state index in [9.17, 15) is 9.59 Å². The van der Waals surface area contributed by atoms with Gasteiger partial charge in [0.25, 0.3) is 0 Å². The summed E-state index contributed by atoms with van der Waals surface area (Å²) < 4.78 is 1.92. The van der Waals surface area contributed by atoms with Crippen molar-refractivity contribution in [2.45, 2.75) is 30.7 Å². The number of hydrogen-bond donors (Lipinski definition) is 1. The molecule has 0 aliphatic carbocycles. The first-order chi connectivity index (χ1) is 13.6. The van der Waals surface area contributed by atoms with E-state index in [-0.39, 0.29) is 30.6 Å². The van der Waals surface area contributed by atoms with Crippen LogP contribution < -0.4 is 5.32 Å². The molecule has 0 fully saturated rings. The molecule has 2 aromatic carbocycles. The third-order valence-electron chi connectivity index (χ3n) is 4.56. The summed E-state index contributed by atoms with van der Waals surface area (Å²) >= 11 is 1.63. The van der Waals surface area contributed by atoms with E-state index in [4.69, 9.17) is 0 Å². The van der Waals surface area contributed by atoms with Crippen molar-refractivity contribution in [2.24, 2.45) is 0 Å². The number of nitrogens with zero attached hydrogens (tertiary/aromatic N) is 2. The van der Waals surface area contributed by atoms with E-state index in [0.29, 0.717) is 5.56 Å². The number of carbonyl (C=O) groups is 2. The van der Waals surface area contributed by atoms with Gasteiger partial charge in [-0.15, -0.1) is 11.8 Å². The zero-order valence-electron chi connectivity index (χ0n) is 16.0. The third kappa shape index (κ3) is 5.10. The number of nitrogens with one attached hydrogen (secondary N) is 1. The predicted octanol–water partition coefficient (Wildman–Crippen LogP) is 4.43. The van der Waals surface area contributed by atoms with Crippen LogP contribution in [0.3, 0.4) is 0 Å². The second-order valence-electron chi connectivity index (χ2n) is 6.50. The van der Waals surface area contributed by atoms with E-state index < -0.39 is 0 Å². The van der Waals surface area contributed by atoms with E-state index in [1.165, 1.54) is 0 Å². The molecular formula is C22H23N3O2S. The van der Waals surface area contributed by atoms with Crippen LogP contribution in [0.25, 0.3) is 5.69 Å². The molecule has 1 heterocycles. The van der Waals surface area contributed by atoms with Crippen LogP contribution in [0, 0.1) is 0 Å². The summed E-state index contributed by atoms with van der Waals surface area (Å²) in [7, 11) is 0. The number of ketones is 1. The van der Waals surface area contributed by atoms with Crippen molar-refractivity contribution in [1.29, 1.82) is 0 Å². The van der Waals surface area contributed by atoms with Crippen LogP contribution in [-0.4, -0.2) is 27.5 Å². The first-order valence-electron chi connectivity index (χ1n) is 9.11. The number of imidazole rings is 1. The second-order valence-corrected chi connectivity index (χ2v) is 7.38. The largest absolute Gasteiger partial charge is 0.350 e. The minimum Gasteiger partial charge on any atom is -0.350 e. The zero-order chi connectivity index (χ0) is 19.9. The van der Waals surface area contributed by atoms with Crippen molar-refractivity contribution in [1.82, 2.24) is 14.9 Å². The van der Waals surface area contributed by atoms with Crippen molar-refractivity contribution in [3.05, 3.63) is 78.4 Å². The van der Waals surface area contributed by atoms with Gasteiger partial charge in [-0.2, -0.15) is 0 Å². The maximum absolute atomic E-state index is 12.3. The highest BCUT2D eigenvalue weighted by Crippen LogP contribution is 2.17. The molecular weight excluding hydrogens is 370 g/mol. The Hall–Kier alpha value is -2.86. The van der Waals surface area contributed by atoms with E-state index in [1.807, 2.05) is 72.5 Å². The Kier molecular flexibility index (Phi) is 6.66. The maximum atomic E-state index is 12.3. The molecule has 1 amide bonds. The van der Waals surface area contributed by atoms with E-state index in [0.717, 1.165) is 16.1 Å². The molecule has 0 saturated heterocycles. The normalized spacial score (nSPS) is 11.8. The second kappa shape index (κ2) is 9.37. The lowest BCUT2D eigenvalue weighted by Gasteiger charge is -2.15. The average Bonchev–Trinajstić information content (AvgIpc) is 3.27. The van der Waals surface area contributed by atoms with Gasteiger partial charge in [-0.3, -0.25) is 9.59 Å². The van der Waals surface area contributed by atoms with Gasteiger partial charge in [0.1, 0.15) is 0 Å². The number of thioether (sulfide) groups is 1. The molecule has 1 N–H and O–H groups in total. The first-order valence-corrected chi connectivity index (χ1v) is 10.3. The lowest BCUT2D eigenvalue weighted by Crippen LogP contribution is -2.27. The average molecular weight is 394 g/mol. The third-order valence-corrected chi connectivity index (χ3v) is 5.31. The fraction of sp³-hybridized carbons (Fsp3) is 0.227. The lowest BCUT2D eigenvalue weighted by atomic mass is 10.1. The number of benzene rings is 2. The SMILES string of the molecule is CSc1ccc(C(=O)CCC(=O)N[C@H](C)c2ccc(-n3ccnc3)cc2)cc1. The van der Waals surface area contributed by atoms with Crippen LogP contribution >= 0.6 is 11.8 Å². The van der Waals surface area contributed by atoms with Gasteiger partial charge < -0.3 is 9.88 Å². The standard InChI is InChI=1S/C22H23N3O2S/c1-16(17-3-7-19(8-4-17)25-14-13-23-15-25)24-22(27)12-11-21(26)18-5-9-20(28-2)10-6-18/h3-10,13-16H,11-12H2,1-2H3,(H,24,27)/t16-/m1/s1. The molecule has 144 valence electrons. The van der Waals surface area contributed by atoms with Crippen LogP contribution in [0.5, 0.6) is 0 Å². The smallest absolute Gasteiger partial charge is 0.220 e. The van der Waals surface area contributed by atoms with Crippen LogP contribution in [0.2, 0.25) is 0 Å². The Balaban J connectivity index is 1.50. The van der Waals surface area contributed by atoms with Gasteiger partial charge in [-0.05, 0) is 43.0 Å². The number of amides is 1. The van der Waals surface area contributed by atoms with E-state index >= 15 is 0 Å². The van der Waals surface area contributed by atoms with Crippen molar-refractivity contribution in [3.63, 3.8) is 0 Å². The molecule has 0 radical (unpaired) electrons. The minimum atomic E-state index is -0.125. The van der Waals surface area contributed by atoms with Crippen LogP contribution in [-0.2, 0) is 4.79 Å². The van der Waals surface area contributed by atoms with E-state index in [2.05, 4.69) is 10.3 Å². The van der Waals surface area contributed by atoms with Crippen molar-refractivity contribution in [3.8, 4) is 5.69 Å². The molecule has 1 atom stereocenters. The highest BCUT2D eigenvalue weighted by Gasteiger charge is 2.13.